The summed E-state index contributed by atoms with van der Waals surface area (Å²) in [7, 11) is 1.63. The number of amides is 1. The number of ether oxygens (including phenoxy) is 2. The Balaban J connectivity index is 1.64. The number of aromatic nitrogens is 4. The molecule has 2 aromatic carbocycles. The van der Waals surface area contributed by atoms with Crippen LogP contribution in [-0.2, 0) is 18.3 Å². The first-order chi connectivity index (χ1) is 19.5. The van der Waals surface area contributed by atoms with Crippen LogP contribution in [0.5, 0.6) is 5.75 Å². The summed E-state index contributed by atoms with van der Waals surface area (Å²) in [6.07, 6.45) is 8.16. The van der Waals surface area contributed by atoms with E-state index in [-0.39, 0.29) is 35.1 Å². The van der Waals surface area contributed by atoms with Gasteiger partial charge >= 0.3 is 6.09 Å². The molecule has 2 N–H and O–H groups in total. The molecule has 41 heavy (non-hydrogen) atoms. The third-order valence-electron chi connectivity index (χ3n) is 6.47. The second-order valence-electron chi connectivity index (χ2n) is 10.7. The normalized spacial score (nSPS) is 13.0. The van der Waals surface area contributed by atoms with Gasteiger partial charge in [-0.2, -0.15) is 15.5 Å². The zero-order chi connectivity index (χ0) is 29.5. The van der Waals surface area contributed by atoms with Crippen LogP contribution < -0.4 is 15.6 Å². The minimum atomic E-state index is -0.738. The molecule has 0 spiro atoms. The smallest absolute Gasteiger partial charge is 0.407 e. The number of hydrogen-bond acceptors (Lipinski definition) is 7. The third-order valence-corrected chi connectivity index (χ3v) is 6.47. The highest BCUT2D eigenvalue weighted by atomic mass is 19.1. The molecule has 11 heteroatoms. The summed E-state index contributed by atoms with van der Waals surface area (Å²) in [5.74, 6) is 1.83. The van der Waals surface area contributed by atoms with Crippen LogP contribution in [0.25, 0.3) is 33.2 Å². The van der Waals surface area contributed by atoms with Crippen molar-refractivity contribution in [2.24, 2.45) is 7.05 Å². The highest BCUT2D eigenvalue weighted by molar-refractivity contribution is 5.92. The Morgan fingerprint density at radius 3 is 2.71 bits per heavy atom. The van der Waals surface area contributed by atoms with Crippen molar-refractivity contribution in [3.8, 4) is 46.5 Å². The van der Waals surface area contributed by atoms with E-state index in [1.807, 2.05) is 0 Å². The molecule has 10 nitrogen and oxygen atoms in total. The van der Waals surface area contributed by atoms with E-state index in [0.717, 1.165) is 12.8 Å². The van der Waals surface area contributed by atoms with Crippen LogP contribution >= 0.6 is 0 Å². The molecule has 0 radical (unpaired) electrons. The Morgan fingerprint density at radius 1 is 1.29 bits per heavy atom. The lowest BCUT2D eigenvalue weighted by molar-refractivity contribution is 0.0523. The monoisotopic (exact) mass is 554 g/mol. The summed E-state index contributed by atoms with van der Waals surface area (Å²) >= 11 is 0. The molecule has 0 saturated heterocycles. The predicted molar refractivity (Wildman–Crippen MR) is 149 cm³/mol. The standard InChI is InChI=1S/C30H27FN6O4/c1-6-16-12-24(40-18-8-9-18)21(13-32)25(26(16)31)27-22(14-34-37(27)5)17-7-10-19-20(11-17)23(35-36-28(19)38)15-33-29(39)41-30(2,3)4/h1,7,10-12,14,18H,8-9,15H2,2-5H3,(H,33,39)(H,36,38). The van der Waals surface area contributed by atoms with Gasteiger partial charge < -0.3 is 14.8 Å². The van der Waals surface area contributed by atoms with Gasteiger partial charge in [0.25, 0.3) is 5.56 Å². The van der Waals surface area contributed by atoms with Crippen molar-refractivity contribution >= 4 is 16.9 Å². The van der Waals surface area contributed by atoms with Crippen LogP contribution in [0.2, 0.25) is 0 Å². The number of benzene rings is 2. The lowest BCUT2D eigenvalue weighted by Crippen LogP contribution is -2.32. The zero-order valence-corrected chi connectivity index (χ0v) is 23.0. The van der Waals surface area contributed by atoms with Crippen molar-refractivity contribution in [3.05, 3.63) is 63.5 Å². The Bertz CT molecular complexity index is 1830. The average molecular weight is 555 g/mol. The highest BCUT2D eigenvalue weighted by Crippen LogP contribution is 2.41. The number of fused-ring (bicyclic) bond motifs is 1. The maximum atomic E-state index is 15.9. The molecule has 1 aliphatic rings. The number of H-pyrrole nitrogens is 1. The number of aryl methyl sites for hydroxylation is 1. The van der Waals surface area contributed by atoms with Crippen molar-refractivity contribution in [2.45, 2.75) is 51.9 Å². The van der Waals surface area contributed by atoms with Gasteiger partial charge in [0.05, 0.1) is 46.7 Å². The summed E-state index contributed by atoms with van der Waals surface area (Å²) in [4.78, 5) is 24.8. The summed E-state index contributed by atoms with van der Waals surface area (Å²) < 4.78 is 28.5. The van der Waals surface area contributed by atoms with Crippen molar-refractivity contribution < 1.29 is 18.7 Å². The Morgan fingerprint density at radius 2 is 2.05 bits per heavy atom. The maximum Gasteiger partial charge on any atom is 0.407 e. The van der Waals surface area contributed by atoms with E-state index in [1.165, 1.54) is 10.7 Å². The number of aromatic amines is 1. The fourth-order valence-electron chi connectivity index (χ4n) is 4.47. The van der Waals surface area contributed by atoms with Crippen molar-refractivity contribution in [1.82, 2.24) is 25.3 Å². The minimum absolute atomic E-state index is 0.0133. The molecule has 1 amide bonds. The third kappa shape index (κ3) is 5.48. The van der Waals surface area contributed by atoms with E-state index in [0.29, 0.717) is 33.3 Å². The number of halogens is 1. The van der Waals surface area contributed by atoms with Gasteiger partial charge in [-0.3, -0.25) is 9.48 Å². The van der Waals surface area contributed by atoms with E-state index in [9.17, 15) is 14.9 Å². The first kappa shape index (κ1) is 27.4. The number of nitrogens with zero attached hydrogens (tertiary/aromatic N) is 4. The van der Waals surface area contributed by atoms with Crippen LogP contribution in [-0.4, -0.2) is 37.8 Å². The van der Waals surface area contributed by atoms with Gasteiger partial charge in [-0.1, -0.05) is 12.0 Å². The number of terminal acetylenes is 1. The summed E-state index contributed by atoms with van der Waals surface area (Å²) in [5.41, 5.74) is 0.606. The second kappa shape index (κ2) is 10.4. The maximum absolute atomic E-state index is 15.9. The van der Waals surface area contributed by atoms with Gasteiger partial charge in [0.2, 0.25) is 0 Å². The fraction of sp³-hybridized carbons (Fsp3) is 0.300. The molecule has 2 heterocycles. The van der Waals surface area contributed by atoms with Crippen molar-refractivity contribution in [3.63, 3.8) is 0 Å². The van der Waals surface area contributed by atoms with Gasteiger partial charge in [-0.05, 0) is 51.3 Å². The molecule has 1 fully saturated rings. The fourth-order valence-corrected chi connectivity index (χ4v) is 4.47. The number of alkyl carbamates (subject to hydrolysis) is 1. The van der Waals surface area contributed by atoms with Crippen molar-refractivity contribution in [2.75, 3.05) is 0 Å². The molecule has 1 aliphatic carbocycles. The number of hydrogen-bond donors (Lipinski definition) is 2. The van der Waals surface area contributed by atoms with Crippen molar-refractivity contribution in [1.29, 1.82) is 5.26 Å². The number of rotatable bonds is 6. The van der Waals surface area contributed by atoms with Gasteiger partial charge in [0.1, 0.15) is 28.8 Å². The van der Waals surface area contributed by atoms with Crippen LogP contribution in [0.4, 0.5) is 9.18 Å². The second-order valence-corrected chi connectivity index (χ2v) is 10.7. The van der Waals surface area contributed by atoms with Crippen LogP contribution in [0, 0.1) is 29.5 Å². The molecule has 0 atom stereocenters. The molecule has 0 unspecified atom stereocenters. The molecule has 1 saturated carbocycles. The lowest BCUT2D eigenvalue weighted by atomic mass is 9.94. The number of nitrogens with one attached hydrogen (secondary N) is 2. The van der Waals surface area contributed by atoms with E-state index >= 15 is 4.39 Å². The van der Waals surface area contributed by atoms with E-state index < -0.39 is 23.1 Å². The molecule has 2 aromatic heterocycles. The first-order valence-electron chi connectivity index (χ1n) is 12.9. The molecule has 5 rings (SSSR count). The summed E-state index contributed by atoms with van der Waals surface area (Å²) in [6, 6.07) is 8.48. The minimum Gasteiger partial charge on any atom is -0.489 e. The molecule has 0 bridgehead atoms. The topological polar surface area (TPSA) is 135 Å². The zero-order valence-electron chi connectivity index (χ0n) is 23.0. The molecule has 4 aromatic rings. The first-order valence-corrected chi connectivity index (χ1v) is 12.9. The Kier molecular flexibility index (Phi) is 6.97. The quantitative estimate of drug-likeness (QED) is 0.334. The van der Waals surface area contributed by atoms with E-state index in [2.05, 4.69) is 32.6 Å². The SMILES string of the molecule is C#Cc1cc(OC2CC2)c(C#N)c(-c2c(-c3ccc4c(=O)[nH]nc(CNC(=O)OC(C)(C)C)c4c3)cnn2C)c1F. The van der Waals surface area contributed by atoms with E-state index in [1.54, 1.807) is 52.2 Å². The lowest BCUT2D eigenvalue weighted by Gasteiger charge is -2.19. The summed E-state index contributed by atoms with van der Waals surface area (Å²) in [5, 5.41) is 24.5. The molecule has 208 valence electrons. The number of carbonyl (C=O) groups is 1. The van der Waals surface area contributed by atoms with Crippen LogP contribution in [0.3, 0.4) is 0 Å². The van der Waals surface area contributed by atoms with Gasteiger partial charge in [0, 0.05) is 24.1 Å². The predicted octanol–water partition coefficient (Wildman–Crippen LogP) is 4.55. The van der Waals surface area contributed by atoms with Gasteiger partial charge in [0.15, 0.2) is 0 Å². The molecular weight excluding hydrogens is 527 g/mol. The van der Waals surface area contributed by atoms with Crippen LogP contribution in [0.15, 0.2) is 35.3 Å². The van der Waals surface area contributed by atoms with Gasteiger partial charge in [-0.15, -0.1) is 6.42 Å². The molecule has 0 aliphatic heterocycles. The molecular formula is C30H27FN6O4. The average Bonchev–Trinajstić information content (AvgIpc) is 3.66. The summed E-state index contributed by atoms with van der Waals surface area (Å²) in [6.45, 7) is 5.22. The Labute approximate surface area is 235 Å². The Hall–Kier alpha value is -5.16. The van der Waals surface area contributed by atoms with E-state index in [4.69, 9.17) is 15.9 Å². The number of nitriles is 1. The van der Waals surface area contributed by atoms with Gasteiger partial charge in [-0.25, -0.2) is 14.3 Å². The van der Waals surface area contributed by atoms with Crippen LogP contribution in [0.1, 0.15) is 50.4 Å². The number of carbonyl (C=O) groups excluding carboxylic acids is 1. The largest absolute Gasteiger partial charge is 0.489 e. The highest BCUT2D eigenvalue weighted by Gasteiger charge is 2.30.